The number of carbonyl (C=O) groups excluding carboxylic acids is 1. The Morgan fingerprint density at radius 1 is 1.20 bits per heavy atom. The Labute approximate surface area is 203 Å². The van der Waals surface area contributed by atoms with Gasteiger partial charge in [-0.25, -0.2) is 4.98 Å². The number of aliphatic hydroxyl groups is 1. The van der Waals surface area contributed by atoms with Crippen molar-refractivity contribution in [2.45, 2.75) is 38.5 Å². The van der Waals surface area contributed by atoms with Crippen LogP contribution in [0.3, 0.4) is 0 Å². The number of hydrogen-bond donors (Lipinski definition) is 2. The van der Waals surface area contributed by atoms with E-state index in [-0.39, 0.29) is 18.6 Å². The Morgan fingerprint density at radius 2 is 2.06 bits per heavy atom. The van der Waals surface area contributed by atoms with Gasteiger partial charge in [0.2, 0.25) is 11.9 Å². The number of aliphatic hydroxyl groups excluding tert-OH is 1. The summed E-state index contributed by atoms with van der Waals surface area (Å²) in [5, 5.41) is 10.6. The Kier molecular flexibility index (Phi) is 6.40. The molecule has 0 radical (unpaired) electrons. The number of hydrogen-bond acceptors (Lipinski definition) is 9. The second-order valence-electron chi connectivity index (χ2n) is 8.97. The number of pyridine rings is 1. The van der Waals surface area contributed by atoms with Gasteiger partial charge in [0.1, 0.15) is 17.6 Å². The monoisotopic (exact) mass is 478 g/mol. The molecule has 0 aliphatic carbocycles. The number of morpholine rings is 1. The average Bonchev–Trinajstić information content (AvgIpc) is 3.38. The summed E-state index contributed by atoms with van der Waals surface area (Å²) in [6, 6.07) is 9.21. The summed E-state index contributed by atoms with van der Waals surface area (Å²) in [4.78, 5) is 30.8. The van der Waals surface area contributed by atoms with Crippen LogP contribution in [0.1, 0.15) is 25.3 Å². The second kappa shape index (κ2) is 9.63. The number of nitrogens with two attached hydrogens (primary N) is 1. The lowest BCUT2D eigenvalue weighted by Crippen LogP contribution is -2.45. The van der Waals surface area contributed by atoms with Gasteiger partial charge in [-0.15, -0.1) is 0 Å². The molecule has 2 aliphatic heterocycles. The average molecular weight is 479 g/mol. The van der Waals surface area contributed by atoms with Gasteiger partial charge in [-0.2, -0.15) is 9.97 Å². The Morgan fingerprint density at radius 3 is 2.80 bits per heavy atom. The molecule has 0 bridgehead atoms. The number of amides is 1. The van der Waals surface area contributed by atoms with E-state index in [9.17, 15) is 9.90 Å². The van der Waals surface area contributed by atoms with Gasteiger partial charge < -0.3 is 30.1 Å². The van der Waals surface area contributed by atoms with E-state index in [2.05, 4.69) is 11.8 Å². The molecule has 1 amide bonds. The lowest BCUT2D eigenvalue weighted by Gasteiger charge is -2.35. The van der Waals surface area contributed by atoms with Crippen molar-refractivity contribution in [3.63, 3.8) is 0 Å². The van der Waals surface area contributed by atoms with Crippen molar-refractivity contribution in [2.24, 2.45) is 5.73 Å². The van der Waals surface area contributed by atoms with Crippen LogP contribution in [0.5, 0.6) is 5.75 Å². The van der Waals surface area contributed by atoms with Gasteiger partial charge in [0, 0.05) is 24.2 Å². The van der Waals surface area contributed by atoms with Gasteiger partial charge in [0.05, 0.1) is 44.1 Å². The summed E-state index contributed by atoms with van der Waals surface area (Å²) in [5.74, 6) is 1.49. The van der Waals surface area contributed by atoms with Crippen LogP contribution in [-0.2, 0) is 16.1 Å². The van der Waals surface area contributed by atoms with E-state index in [0.29, 0.717) is 61.3 Å². The molecule has 2 saturated heterocycles. The molecule has 2 aromatic heterocycles. The fraction of sp³-hybridized carbons (Fsp3) is 0.440. The topological polar surface area (TPSA) is 127 Å². The molecular formula is C25H30N6O4. The number of ether oxygens (including phenoxy) is 2. The van der Waals surface area contributed by atoms with Crippen molar-refractivity contribution in [3.8, 4) is 17.0 Å². The maximum absolute atomic E-state index is 12.1. The fourth-order valence-corrected chi connectivity index (χ4v) is 4.90. The first-order chi connectivity index (χ1) is 17.0. The quantitative estimate of drug-likeness (QED) is 0.546. The van der Waals surface area contributed by atoms with Crippen LogP contribution in [0.25, 0.3) is 22.3 Å². The standard InChI is InChI=1S/C25H30N6O4/c1-15-14-35-11-10-30(15)24-18-6-7-19(16-5-8-21(34-2)17(12-16)13-32)27-23(18)28-25(29-24)31-9-3-4-20(31)22(26)33/h5-8,12,15,20,32H,3-4,9-11,13-14H2,1-2H3,(H2,26,33)/t15-,20?/m0/s1. The summed E-state index contributed by atoms with van der Waals surface area (Å²) in [7, 11) is 1.58. The highest BCUT2D eigenvalue weighted by Crippen LogP contribution is 2.33. The minimum absolute atomic E-state index is 0.133. The molecule has 0 spiro atoms. The third kappa shape index (κ3) is 4.35. The largest absolute Gasteiger partial charge is 0.496 e. The van der Waals surface area contributed by atoms with Crippen LogP contribution in [0, 0.1) is 0 Å². The smallest absolute Gasteiger partial charge is 0.240 e. The van der Waals surface area contributed by atoms with Crippen LogP contribution in [0.2, 0.25) is 0 Å². The molecule has 184 valence electrons. The van der Waals surface area contributed by atoms with Gasteiger partial charge >= 0.3 is 0 Å². The molecule has 5 rings (SSSR count). The molecule has 10 heteroatoms. The number of aromatic nitrogens is 3. The Bertz CT molecular complexity index is 1250. The van der Waals surface area contributed by atoms with Crippen LogP contribution in [0.4, 0.5) is 11.8 Å². The van der Waals surface area contributed by atoms with E-state index in [1.54, 1.807) is 7.11 Å². The number of primary amides is 1. The van der Waals surface area contributed by atoms with E-state index in [4.69, 9.17) is 30.2 Å². The number of carbonyl (C=O) groups is 1. The maximum atomic E-state index is 12.1. The van der Waals surface area contributed by atoms with Crippen molar-refractivity contribution in [1.29, 1.82) is 0 Å². The highest BCUT2D eigenvalue weighted by Gasteiger charge is 2.33. The SMILES string of the molecule is COc1ccc(-c2ccc3c(N4CCOC[C@@H]4C)nc(N4CCCC4C(N)=O)nc3n2)cc1CO. The van der Waals surface area contributed by atoms with Gasteiger partial charge in [0.15, 0.2) is 5.65 Å². The van der Waals surface area contributed by atoms with Crippen molar-refractivity contribution in [3.05, 3.63) is 35.9 Å². The maximum Gasteiger partial charge on any atom is 0.240 e. The van der Waals surface area contributed by atoms with Crippen LogP contribution < -0.4 is 20.3 Å². The summed E-state index contributed by atoms with van der Waals surface area (Å²) < 4.78 is 11.0. The van der Waals surface area contributed by atoms with E-state index >= 15 is 0 Å². The van der Waals surface area contributed by atoms with E-state index < -0.39 is 6.04 Å². The predicted octanol–water partition coefficient (Wildman–Crippen LogP) is 1.87. The van der Waals surface area contributed by atoms with Crippen LogP contribution >= 0.6 is 0 Å². The molecule has 1 aromatic carbocycles. The molecule has 3 N–H and O–H groups in total. The highest BCUT2D eigenvalue weighted by molar-refractivity contribution is 5.91. The Hall–Kier alpha value is -3.50. The van der Waals surface area contributed by atoms with E-state index in [1.165, 1.54) is 0 Å². The molecule has 2 aliphatic rings. The zero-order chi connectivity index (χ0) is 24.5. The molecule has 3 aromatic rings. The van der Waals surface area contributed by atoms with Crippen molar-refractivity contribution < 1.29 is 19.4 Å². The first kappa shape index (κ1) is 23.3. The molecular weight excluding hydrogens is 448 g/mol. The number of rotatable bonds is 6. The van der Waals surface area contributed by atoms with Crippen molar-refractivity contribution in [2.75, 3.05) is 43.2 Å². The summed E-state index contributed by atoms with van der Waals surface area (Å²) in [6.45, 7) is 4.54. The van der Waals surface area contributed by atoms with E-state index in [0.717, 1.165) is 23.2 Å². The summed E-state index contributed by atoms with van der Waals surface area (Å²) in [5.41, 5.74) is 8.46. The zero-order valence-electron chi connectivity index (χ0n) is 20.0. The first-order valence-corrected chi connectivity index (χ1v) is 11.9. The van der Waals surface area contributed by atoms with E-state index in [1.807, 2.05) is 35.2 Å². The van der Waals surface area contributed by atoms with Gasteiger partial charge in [-0.1, -0.05) is 0 Å². The molecule has 35 heavy (non-hydrogen) atoms. The number of methoxy groups -OCH3 is 1. The molecule has 2 fully saturated rings. The van der Waals surface area contributed by atoms with Crippen LogP contribution in [0.15, 0.2) is 30.3 Å². The molecule has 10 nitrogen and oxygen atoms in total. The zero-order valence-corrected chi connectivity index (χ0v) is 20.0. The summed E-state index contributed by atoms with van der Waals surface area (Å²) >= 11 is 0. The molecule has 0 saturated carbocycles. The normalized spacial score (nSPS) is 20.4. The lowest BCUT2D eigenvalue weighted by molar-refractivity contribution is -0.119. The third-order valence-electron chi connectivity index (χ3n) is 6.75. The number of anilines is 2. The highest BCUT2D eigenvalue weighted by atomic mass is 16.5. The van der Waals surface area contributed by atoms with Gasteiger partial charge in [-0.05, 0) is 50.1 Å². The first-order valence-electron chi connectivity index (χ1n) is 11.9. The van der Waals surface area contributed by atoms with Crippen molar-refractivity contribution in [1.82, 2.24) is 15.0 Å². The minimum atomic E-state index is -0.431. The van der Waals surface area contributed by atoms with Crippen molar-refractivity contribution >= 4 is 28.7 Å². The molecule has 1 unspecified atom stereocenters. The molecule has 4 heterocycles. The number of nitrogens with zero attached hydrogens (tertiary/aromatic N) is 5. The van der Waals surface area contributed by atoms with Gasteiger partial charge in [0.25, 0.3) is 0 Å². The lowest BCUT2D eigenvalue weighted by atomic mass is 10.1. The number of fused-ring (bicyclic) bond motifs is 1. The van der Waals surface area contributed by atoms with Crippen LogP contribution in [-0.4, -0.2) is 71.5 Å². The van der Waals surface area contributed by atoms with Gasteiger partial charge in [-0.3, -0.25) is 4.79 Å². The number of benzene rings is 1. The molecule has 2 atom stereocenters. The predicted molar refractivity (Wildman–Crippen MR) is 132 cm³/mol. The Balaban J connectivity index is 1.65. The second-order valence-corrected chi connectivity index (χ2v) is 8.97. The third-order valence-corrected chi connectivity index (χ3v) is 6.75. The summed E-state index contributed by atoms with van der Waals surface area (Å²) in [6.07, 6.45) is 1.53. The minimum Gasteiger partial charge on any atom is -0.496 e. The fourth-order valence-electron chi connectivity index (χ4n) is 4.90.